The van der Waals surface area contributed by atoms with Crippen LogP contribution in [0, 0.1) is 0 Å². The normalized spacial score (nSPS) is 19.8. The van der Waals surface area contributed by atoms with Crippen molar-refractivity contribution in [2.24, 2.45) is 5.73 Å². The van der Waals surface area contributed by atoms with Gasteiger partial charge < -0.3 is 15.4 Å². The zero-order chi connectivity index (χ0) is 26.5. The number of ether oxygens (including phenoxy) is 1. The van der Waals surface area contributed by atoms with Crippen LogP contribution < -0.4 is 5.73 Å². The van der Waals surface area contributed by atoms with Gasteiger partial charge in [0, 0.05) is 25.4 Å². The third-order valence-electron chi connectivity index (χ3n) is 6.43. The Balaban J connectivity index is 1.84. The molecule has 1 aliphatic heterocycles. The van der Waals surface area contributed by atoms with Crippen molar-refractivity contribution in [1.82, 2.24) is 4.90 Å². The topological polar surface area (TPSA) is 55.6 Å². The molecule has 1 amide bonds. The van der Waals surface area contributed by atoms with Crippen LogP contribution >= 0.6 is 0 Å². The van der Waals surface area contributed by atoms with Crippen LogP contribution in [0.15, 0.2) is 48.5 Å². The molecule has 0 aliphatic carbocycles. The lowest BCUT2D eigenvalue weighted by Crippen LogP contribution is -2.46. The van der Waals surface area contributed by atoms with E-state index in [0.717, 1.165) is 12.0 Å². The summed E-state index contributed by atoms with van der Waals surface area (Å²) in [6.07, 6.45) is -9.22. The minimum absolute atomic E-state index is 0.0106. The summed E-state index contributed by atoms with van der Waals surface area (Å²) in [6.45, 7) is 2.68. The van der Waals surface area contributed by atoms with Gasteiger partial charge >= 0.3 is 12.4 Å². The number of rotatable bonds is 8. The van der Waals surface area contributed by atoms with Gasteiger partial charge in [-0.2, -0.15) is 26.3 Å². The highest BCUT2D eigenvalue weighted by Crippen LogP contribution is 2.39. The van der Waals surface area contributed by atoms with Gasteiger partial charge in [0.05, 0.1) is 23.3 Å². The number of piperidine rings is 1. The molecule has 0 aromatic heterocycles. The zero-order valence-electron chi connectivity index (χ0n) is 19.9. The number of alkyl halides is 6. The number of likely N-dealkylation sites (tertiary alicyclic amines) is 1. The van der Waals surface area contributed by atoms with Gasteiger partial charge in [0.25, 0.3) is 0 Å². The van der Waals surface area contributed by atoms with Gasteiger partial charge in [-0.3, -0.25) is 4.79 Å². The molecule has 3 atom stereocenters. The van der Waals surface area contributed by atoms with Gasteiger partial charge in [-0.05, 0) is 62.1 Å². The standard InChI is InChI=1S/C26H30F6N2O2/c1-17(19-13-20(25(27,28)29)15-21(14-19)26(30,31)32)36-23-10-12-34(24(35)9-5-6-11-33)16-22(23)18-7-3-2-4-8-18/h2-4,7-8,13-15,17,22-23H,5-6,9-12,16,33H2,1H3/t17-,22+,23+/m1/s1. The fourth-order valence-electron chi connectivity index (χ4n) is 4.47. The molecule has 1 saturated heterocycles. The molecular formula is C26H30F6N2O2. The highest BCUT2D eigenvalue weighted by atomic mass is 19.4. The maximum atomic E-state index is 13.3. The second-order valence-corrected chi connectivity index (χ2v) is 9.05. The minimum atomic E-state index is -4.93. The van der Waals surface area contributed by atoms with Gasteiger partial charge in [0.1, 0.15) is 0 Å². The summed E-state index contributed by atoms with van der Waals surface area (Å²) in [5.74, 6) is -0.294. The van der Waals surface area contributed by atoms with Crippen molar-refractivity contribution < 1.29 is 35.9 Å². The van der Waals surface area contributed by atoms with Crippen molar-refractivity contribution in [1.29, 1.82) is 0 Å². The van der Waals surface area contributed by atoms with Gasteiger partial charge in [-0.15, -0.1) is 0 Å². The Morgan fingerprint density at radius 3 is 2.19 bits per heavy atom. The lowest BCUT2D eigenvalue weighted by Gasteiger charge is -2.40. The molecule has 2 aromatic rings. The quantitative estimate of drug-likeness (QED) is 0.330. The second-order valence-electron chi connectivity index (χ2n) is 9.05. The number of nitrogens with zero attached hydrogens (tertiary/aromatic N) is 1. The third kappa shape index (κ3) is 7.22. The van der Waals surface area contributed by atoms with E-state index in [1.54, 1.807) is 4.90 Å². The van der Waals surface area contributed by atoms with Gasteiger partial charge in [0.2, 0.25) is 5.91 Å². The first kappa shape index (κ1) is 28.0. The maximum absolute atomic E-state index is 13.3. The summed E-state index contributed by atoms with van der Waals surface area (Å²) < 4.78 is 86.0. The zero-order valence-corrected chi connectivity index (χ0v) is 19.9. The number of hydrogen-bond donors (Lipinski definition) is 1. The molecule has 10 heteroatoms. The van der Waals surface area contributed by atoms with E-state index in [0.29, 0.717) is 51.0 Å². The average molecular weight is 517 g/mol. The Labute approximate surface area is 206 Å². The lowest BCUT2D eigenvalue weighted by molar-refractivity contribution is -0.143. The van der Waals surface area contributed by atoms with Crippen molar-refractivity contribution in [2.75, 3.05) is 19.6 Å². The minimum Gasteiger partial charge on any atom is -0.370 e. The number of carbonyl (C=O) groups excluding carboxylic acids is 1. The molecule has 0 unspecified atom stereocenters. The van der Waals surface area contributed by atoms with Crippen molar-refractivity contribution in [3.05, 3.63) is 70.8 Å². The summed E-state index contributed by atoms with van der Waals surface area (Å²) in [5.41, 5.74) is 3.43. The monoisotopic (exact) mass is 516 g/mol. The third-order valence-corrected chi connectivity index (χ3v) is 6.43. The van der Waals surface area contributed by atoms with Crippen LogP contribution in [0.25, 0.3) is 0 Å². The average Bonchev–Trinajstić information content (AvgIpc) is 2.83. The Hall–Kier alpha value is -2.59. The van der Waals surface area contributed by atoms with Gasteiger partial charge in [-0.25, -0.2) is 0 Å². The number of nitrogens with two attached hydrogens (primary N) is 1. The molecule has 2 N–H and O–H groups in total. The Bertz CT molecular complexity index is 977. The summed E-state index contributed by atoms with van der Waals surface area (Å²) in [7, 11) is 0. The first-order valence-corrected chi connectivity index (χ1v) is 11.9. The van der Waals surface area contributed by atoms with Crippen molar-refractivity contribution in [3.63, 3.8) is 0 Å². The fraction of sp³-hybridized carbons (Fsp3) is 0.500. The number of benzene rings is 2. The van der Waals surface area contributed by atoms with E-state index in [-0.39, 0.29) is 23.5 Å². The predicted octanol–water partition coefficient (Wildman–Crippen LogP) is 6.32. The molecular weight excluding hydrogens is 486 g/mol. The van der Waals surface area contributed by atoms with E-state index in [2.05, 4.69) is 0 Å². The van der Waals surface area contributed by atoms with Crippen molar-refractivity contribution in [3.8, 4) is 0 Å². The summed E-state index contributed by atoms with van der Waals surface area (Å²) in [4.78, 5) is 14.4. The van der Waals surface area contributed by atoms with Crippen LogP contribution in [-0.2, 0) is 21.9 Å². The van der Waals surface area contributed by atoms with E-state index < -0.39 is 35.7 Å². The van der Waals surface area contributed by atoms with Crippen LogP contribution in [0.5, 0.6) is 0 Å². The molecule has 0 radical (unpaired) electrons. The van der Waals surface area contributed by atoms with Crippen LogP contribution in [0.2, 0.25) is 0 Å². The molecule has 0 saturated carbocycles. The van der Waals surface area contributed by atoms with Crippen LogP contribution in [0.4, 0.5) is 26.3 Å². The van der Waals surface area contributed by atoms with Gasteiger partial charge in [0.15, 0.2) is 0 Å². The van der Waals surface area contributed by atoms with Crippen molar-refractivity contribution in [2.45, 2.75) is 63.1 Å². The Morgan fingerprint density at radius 1 is 1.03 bits per heavy atom. The molecule has 0 bridgehead atoms. The second kappa shape index (κ2) is 11.6. The molecule has 2 aromatic carbocycles. The first-order chi connectivity index (χ1) is 16.9. The summed E-state index contributed by atoms with van der Waals surface area (Å²) in [5, 5.41) is 0. The summed E-state index contributed by atoms with van der Waals surface area (Å²) in [6, 6.07) is 10.8. The number of unbranched alkanes of at least 4 members (excludes halogenated alkanes) is 1. The molecule has 0 spiro atoms. The van der Waals surface area contributed by atoms with E-state index >= 15 is 0 Å². The highest BCUT2D eigenvalue weighted by molar-refractivity contribution is 5.76. The number of halogens is 6. The Kier molecular flexibility index (Phi) is 9.05. The highest BCUT2D eigenvalue weighted by Gasteiger charge is 2.38. The van der Waals surface area contributed by atoms with E-state index in [9.17, 15) is 31.1 Å². The largest absolute Gasteiger partial charge is 0.416 e. The number of amides is 1. The van der Waals surface area contributed by atoms with E-state index in [1.165, 1.54) is 6.92 Å². The number of hydrogen-bond acceptors (Lipinski definition) is 3. The fourth-order valence-corrected chi connectivity index (χ4v) is 4.47. The molecule has 36 heavy (non-hydrogen) atoms. The van der Waals surface area contributed by atoms with E-state index in [1.807, 2.05) is 30.3 Å². The molecule has 1 heterocycles. The van der Waals surface area contributed by atoms with Crippen LogP contribution in [0.3, 0.4) is 0 Å². The predicted molar refractivity (Wildman–Crippen MR) is 123 cm³/mol. The molecule has 198 valence electrons. The Morgan fingerprint density at radius 2 is 1.64 bits per heavy atom. The van der Waals surface area contributed by atoms with E-state index in [4.69, 9.17) is 10.5 Å². The molecule has 4 nitrogen and oxygen atoms in total. The SMILES string of the molecule is C[C@@H](O[C@H]1CCN(C(=O)CCCCN)C[C@H]1c1ccccc1)c1cc(C(F)(F)F)cc(C(F)(F)F)c1. The van der Waals surface area contributed by atoms with Crippen LogP contribution in [-0.4, -0.2) is 36.5 Å². The number of carbonyl (C=O) groups is 1. The smallest absolute Gasteiger partial charge is 0.370 e. The summed E-state index contributed by atoms with van der Waals surface area (Å²) >= 11 is 0. The van der Waals surface area contributed by atoms with Crippen LogP contribution in [0.1, 0.15) is 66.9 Å². The first-order valence-electron chi connectivity index (χ1n) is 11.9. The maximum Gasteiger partial charge on any atom is 0.416 e. The van der Waals surface area contributed by atoms with Crippen molar-refractivity contribution >= 4 is 5.91 Å². The molecule has 1 aliphatic rings. The molecule has 1 fully saturated rings. The lowest BCUT2D eigenvalue weighted by atomic mass is 9.87. The van der Waals surface area contributed by atoms with Gasteiger partial charge in [-0.1, -0.05) is 30.3 Å². The molecule has 3 rings (SSSR count).